The molecule has 2 bridgehead atoms. The van der Waals surface area contributed by atoms with Crippen LogP contribution in [0.2, 0.25) is 0 Å². The molecule has 5 rings (SSSR count). The Morgan fingerprint density at radius 1 is 1.00 bits per heavy atom. The van der Waals surface area contributed by atoms with E-state index < -0.39 is 0 Å². The van der Waals surface area contributed by atoms with Gasteiger partial charge in [0.15, 0.2) is 0 Å². The Bertz CT molecular complexity index is 1030. The third-order valence-electron chi connectivity index (χ3n) is 8.44. The van der Waals surface area contributed by atoms with Crippen molar-refractivity contribution in [3.63, 3.8) is 0 Å². The number of aryl methyl sites for hydroxylation is 1. The highest BCUT2D eigenvalue weighted by Crippen LogP contribution is 2.36. The maximum Gasteiger partial charge on any atom is 0.265 e. The Balaban J connectivity index is 1.43. The molecule has 2 aromatic carbocycles. The van der Waals surface area contributed by atoms with E-state index in [9.17, 15) is 4.79 Å². The van der Waals surface area contributed by atoms with E-state index in [1.165, 1.54) is 42.4 Å². The van der Waals surface area contributed by atoms with Crippen molar-refractivity contribution in [1.82, 2.24) is 20.2 Å². The lowest BCUT2D eigenvalue weighted by molar-refractivity contribution is 0.0826. The van der Waals surface area contributed by atoms with Crippen LogP contribution in [0.25, 0.3) is 0 Å². The van der Waals surface area contributed by atoms with Crippen LogP contribution in [0.15, 0.2) is 61.2 Å². The summed E-state index contributed by atoms with van der Waals surface area (Å²) < 4.78 is 0. The third kappa shape index (κ3) is 5.59. The minimum Gasteiger partial charge on any atom is -0.292 e. The number of carbonyl (C=O) groups is 1. The van der Waals surface area contributed by atoms with Gasteiger partial charge in [-0.3, -0.25) is 20.0 Å². The summed E-state index contributed by atoms with van der Waals surface area (Å²) in [7, 11) is 0. The molecule has 0 radical (unpaired) electrons. The summed E-state index contributed by atoms with van der Waals surface area (Å²) in [5, 5.41) is 2.04. The van der Waals surface area contributed by atoms with E-state index in [4.69, 9.17) is 0 Å². The van der Waals surface area contributed by atoms with Gasteiger partial charge < -0.3 is 0 Å². The molecule has 36 heavy (non-hydrogen) atoms. The van der Waals surface area contributed by atoms with Gasteiger partial charge in [-0.25, -0.2) is 5.01 Å². The monoisotopic (exact) mass is 486 g/mol. The van der Waals surface area contributed by atoms with E-state index in [1.54, 1.807) is 0 Å². The van der Waals surface area contributed by atoms with Crippen molar-refractivity contribution in [2.75, 3.05) is 32.7 Å². The van der Waals surface area contributed by atoms with Gasteiger partial charge >= 0.3 is 0 Å². The van der Waals surface area contributed by atoms with Crippen LogP contribution in [0.3, 0.4) is 0 Å². The van der Waals surface area contributed by atoms with Gasteiger partial charge in [-0.2, -0.15) is 0 Å². The summed E-state index contributed by atoms with van der Waals surface area (Å²) in [5.74, 6) is -0.00313. The molecule has 0 aromatic heterocycles. The van der Waals surface area contributed by atoms with Crippen LogP contribution in [0, 0.1) is 0 Å². The van der Waals surface area contributed by atoms with E-state index in [0.717, 1.165) is 57.5 Å². The number of fused-ring (bicyclic) bond motifs is 2. The van der Waals surface area contributed by atoms with Crippen molar-refractivity contribution < 1.29 is 4.79 Å². The van der Waals surface area contributed by atoms with Crippen molar-refractivity contribution in [1.29, 1.82) is 0 Å². The summed E-state index contributed by atoms with van der Waals surface area (Å²) >= 11 is 0. The number of piperidine rings is 1. The normalized spacial score (nSPS) is 24.2. The molecule has 5 nitrogen and oxygen atoms in total. The Morgan fingerprint density at radius 2 is 1.78 bits per heavy atom. The maximum atomic E-state index is 12.8. The number of nitrogens with zero attached hydrogens (tertiary/aromatic N) is 3. The van der Waals surface area contributed by atoms with Gasteiger partial charge in [0.05, 0.1) is 6.04 Å². The number of carbonyl (C=O) groups excluding carboxylic acids is 1. The van der Waals surface area contributed by atoms with Gasteiger partial charge in [0, 0.05) is 50.4 Å². The SMILES string of the molecule is C=CCN1C2CCCC1CN(C(c1ccc(C(=O)NN3CCCC3)cc1)c1cccc(CC)c1)CC2. The van der Waals surface area contributed by atoms with Crippen molar-refractivity contribution >= 4 is 5.91 Å². The molecule has 3 atom stereocenters. The summed E-state index contributed by atoms with van der Waals surface area (Å²) in [6.45, 7) is 11.3. The molecule has 5 heteroatoms. The predicted octanol–water partition coefficient (Wildman–Crippen LogP) is 5.19. The van der Waals surface area contributed by atoms with E-state index in [1.807, 2.05) is 17.1 Å². The average Bonchev–Trinajstić information content (AvgIpc) is 3.39. The van der Waals surface area contributed by atoms with E-state index >= 15 is 0 Å². The molecule has 3 fully saturated rings. The lowest BCUT2D eigenvalue weighted by Gasteiger charge is -2.41. The second kappa shape index (κ2) is 11.7. The number of benzene rings is 2. The Hall–Kier alpha value is -2.47. The van der Waals surface area contributed by atoms with Crippen molar-refractivity contribution in [3.8, 4) is 0 Å². The molecular formula is C31H42N4O. The fraction of sp³-hybridized carbons (Fsp3) is 0.516. The van der Waals surface area contributed by atoms with Crippen molar-refractivity contribution in [2.24, 2.45) is 0 Å². The number of hydrogen-bond acceptors (Lipinski definition) is 4. The molecule has 0 spiro atoms. The van der Waals surface area contributed by atoms with Crippen LogP contribution in [-0.2, 0) is 6.42 Å². The van der Waals surface area contributed by atoms with Crippen LogP contribution in [-0.4, -0.2) is 65.5 Å². The average molecular weight is 487 g/mol. The van der Waals surface area contributed by atoms with Gasteiger partial charge in [-0.05, 0) is 67.3 Å². The Morgan fingerprint density at radius 3 is 2.53 bits per heavy atom. The lowest BCUT2D eigenvalue weighted by atomic mass is 9.93. The summed E-state index contributed by atoms with van der Waals surface area (Å²) in [5.41, 5.74) is 7.81. The number of hydrazine groups is 1. The fourth-order valence-corrected chi connectivity index (χ4v) is 6.53. The fourth-order valence-electron chi connectivity index (χ4n) is 6.53. The van der Waals surface area contributed by atoms with Crippen LogP contribution >= 0.6 is 0 Å². The largest absolute Gasteiger partial charge is 0.292 e. The van der Waals surface area contributed by atoms with Crippen LogP contribution in [0.5, 0.6) is 0 Å². The summed E-state index contributed by atoms with van der Waals surface area (Å²) in [6.07, 6.45) is 10.5. The van der Waals surface area contributed by atoms with Crippen LogP contribution in [0.1, 0.15) is 78.5 Å². The number of hydrogen-bond donors (Lipinski definition) is 1. The number of amides is 1. The molecule has 0 saturated carbocycles. The third-order valence-corrected chi connectivity index (χ3v) is 8.44. The van der Waals surface area contributed by atoms with E-state index in [-0.39, 0.29) is 11.9 Å². The first-order valence-electron chi connectivity index (χ1n) is 14.0. The number of nitrogens with one attached hydrogen (secondary N) is 1. The second-order valence-electron chi connectivity index (χ2n) is 10.8. The first-order chi connectivity index (χ1) is 17.7. The summed E-state index contributed by atoms with van der Waals surface area (Å²) in [4.78, 5) is 18.2. The summed E-state index contributed by atoms with van der Waals surface area (Å²) in [6, 6.07) is 18.9. The van der Waals surface area contributed by atoms with Gasteiger partial charge in [0.2, 0.25) is 0 Å². The minimum atomic E-state index is -0.00313. The molecule has 3 aliphatic rings. The Kier molecular flexibility index (Phi) is 8.20. The first kappa shape index (κ1) is 25.2. The minimum absolute atomic E-state index is 0.00313. The van der Waals surface area contributed by atoms with E-state index in [0.29, 0.717) is 12.1 Å². The zero-order valence-corrected chi connectivity index (χ0v) is 21.9. The molecular weight excluding hydrogens is 444 g/mol. The van der Waals surface area contributed by atoms with Crippen molar-refractivity contribution in [2.45, 2.75) is 70.0 Å². The highest BCUT2D eigenvalue weighted by Gasteiger charge is 2.36. The topological polar surface area (TPSA) is 38.8 Å². The van der Waals surface area contributed by atoms with Gasteiger partial charge in [0.25, 0.3) is 5.91 Å². The number of rotatable bonds is 8. The highest BCUT2D eigenvalue weighted by atomic mass is 16.2. The molecule has 1 N–H and O–H groups in total. The zero-order chi connectivity index (χ0) is 24.9. The smallest absolute Gasteiger partial charge is 0.265 e. The molecule has 3 saturated heterocycles. The molecule has 1 amide bonds. The molecule has 3 unspecified atom stereocenters. The molecule has 3 aliphatic heterocycles. The van der Waals surface area contributed by atoms with Crippen molar-refractivity contribution in [3.05, 3.63) is 83.4 Å². The Labute approximate surface area is 217 Å². The second-order valence-corrected chi connectivity index (χ2v) is 10.8. The molecule has 3 heterocycles. The molecule has 2 aromatic rings. The molecule has 192 valence electrons. The predicted molar refractivity (Wildman–Crippen MR) is 147 cm³/mol. The zero-order valence-electron chi connectivity index (χ0n) is 21.9. The first-order valence-corrected chi connectivity index (χ1v) is 14.0. The lowest BCUT2D eigenvalue weighted by Crippen LogP contribution is -2.48. The maximum absolute atomic E-state index is 12.8. The quantitative estimate of drug-likeness (QED) is 0.521. The highest BCUT2D eigenvalue weighted by molar-refractivity contribution is 5.93. The molecule has 0 aliphatic carbocycles. The van der Waals surface area contributed by atoms with Crippen LogP contribution in [0.4, 0.5) is 0 Å². The van der Waals surface area contributed by atoms with E-state index in [2.05, 4.69) is 71.2 Å². The van der Waals surface area contributed by atoms with Gasteiger partial charge in [0.1, 0.15) is 0 Å². The standard InChI is InChI=1S/C31H42N4O/c1-3-18-35-28-11-8-12-29(35)23-33(21-17-28)30(27-10-7-9-24(4-2)22-27)25-13-15-26(16-14-25)31(36)32-34-19-5-6-20-34/h3,7,9-10,13-16,22,28-30H,1,4-6,8,11-12,17-21,23H2,2H3,(H,32,36). The van der Waals surface area contributed by atoms with Gasteiger partial charge in [-0.15, -0.1) is 6.58 Å². The van der Waals surface area contributed by atoms with Gasteiger partial charge in [-0.1, -0.05) is 55.8 Å². The van der Waals surface area contributed by atoms with Crippen LogP contribution < -0.4 is 5.43 Å².